The normalized spacial score (nSPS) is 20.0. The lowest BCUT2D eigenvalue weighted by Gasteiger charge is -2.18. The Morgan fingerprint density at radius 1 is 1.12 bits per heavy atom. The quantitative estimate of drug-likeness (QED) is 0.475. The van der Waals surface area contributed by atoms with Gasteiger partial charge >= 0.3 is 11.9 Å². The number of fused-ring (bicyclic) bond motifs is 1. The molecule has 2 aromatic heterocycles. The molecule has 1 N–H and O–H groups in total. The molecule has 0 saturated heterocycles. The van der Waals surface area contributed by atoms with Crippen LogP contribution in [0.25, 0.3) is 21.6 Å². The van der Waals surface area contributed by atoms with Crippen LogP contribution in [0.1, 0.15) is 43.9 Å². The fraction of sp³-hybridized carbons (Fsp3) is 0.440. The van der Waals surface area contributed by atoms with Gasteiger partial charge in [0.05, 0.1) is 37.3 Å². The minimum Gasteiger partial charge on any atom is -0.496 e. The number of methoxy groups -OCH3 is 2. The minimum atomic E-state index is -1.02. The van der Waals surface area contributed by atoms with Crippen molar-refractivity contribution in [3.05, 3.63) is 34.8 Å². The maximum absolute atomic E-state index is 12.2. The highest BCUT2D eigenvalue weighted by Crippen LogP contribution is 2.40. The van der Waals surface area contributed by atoms with E-state index in [9.17, 15) is 14.7 Å². The first-order chi connectivity index (χ1) is 16.2. The van der Waals surface area contributed by atoms with Crippen LogP contribution in [-0.2, 0) is 14.3 Å². The van der Waals surface area contributed by atoms with E-state index in [1.54, 1.807) is 7.11 Å². The SMILES string of the molecule is COC(=O)[C@@H]1C[C@@H](Oc2cc(-c3nc(C(C)C)cs3)nc3c(C)c(OC)ccc23)C[C@H]1C(=O)O. The van der Waals surface area contributed by atoms with Gasteiger partial charge in [-0.3, -0.25) is 9.59 Å². The van der Waals surface area contributed by atoms with Crippen LogP contribution >= 0.6 is 11.3 Å². The van der Waals surface area contributed by atoms with Crippen molar-refractivity contribution in [2.45, 2.75) is 45.6 Å². The molecule has 1 fully saturated rings. The van der Waals surface area contributed by atoms with Gasteiger partial charge in [0.25, 0.3) is 0 Å². The van der Waals surface area contributed by atoms with Crippen molar-refractivity contribution in [2.75, 3.05) is 14.2 Å². The summed E-state index contributed by atoms with van der Waals surface area (Å²) in [5.74, 6) is -1.55. The predicted octanol–water partition coefficient (Wildman–Crippen LogP) is 4.83. The number of nitrogens with zero attached hydrogens (tertiary/aromatic N) is 2. The van der Waals surface area contributed by atoms with E-state index < -0.39 is 29.9 Å². The third kappa shape index (κ3) is 4.44. The van der Waals surface area contributed by atoms with E-state index in [0.717, 1.165) is 27.2 Å². The number of aromatic nitrogens is 2. The van der Waals surface area contributed by atoms with E-state index in [-0.39, 0.29) is 12.8 Å². The summed E-state index contributed by atoms with van der Waals surface area (Å²) in [6.07, 6.45) is 0.0405. The molecule has 9 heteroatoms. The summed E-state index contributed by atoms with van der Waals surface area (Å²) < 4.78 is 16.7. The summed E-state index contributed by atoms with van der Waals surface area (Å²) in [5, 5.41) is 13.2. The van der Waals surface area contributed by atoms with Crippen molar-refractivity contribution in [3.8, 4) is 22.2 Å². The van der Waals surface area contributed by atoms with Crippen molar-refractivity contribution >= 4 is 34.2 Å². The van der Waals surface area contributed by atoms with Gasteiger partial charge in [-0.25, -0.2) is 9.97 Å². The summed E-state index contributed by atoms with van der Waals surface area (Å²) in [5.41, 5.74) is 3.26. The molecule has 2 heterocycles. The Morgan fingerprint density at radius 2 is 1.85 bits per heavy atom. The van der Waals surface area contributed by atoms with E-state index in [2.05, 4.69) is 13.8 Å². The molecule has 3 atom stereocenters. The molecule has 0 spiro atoms. The molecule has 34 heavy (non-hydrogen) atoms. The number of hydrogen-bond donors (Lipinski definition) is 1. The van der Waals surface area contributed by atoms with E-state index in [0.29, 0.717) is 23.1 Å². The zero-order valence-electron chi connectivity index (χ0n) is 19.8. The molecule has 1 aliphatic carbocycles. The number of hydrogen-bond acceptors (Lipinski definition) is 8. The smallest absolute Gasteiger partial charge is 0.309 e. The predicted molar refractivity (Wildman–Crippen MR) is 129 cm³/mol. The molecule has 0 radical (unpaired) electrons. The van der Waals surface area contributed by atoms with Crippen LogP contribution in [0.15, 0.2) is 23.6 Å². The molecule has 0 aliphatic heterocycles. The van der Waals surface area contributed by atoms with Gasteiger partial charge in [-0.05, 0) is 37.8 Å². The largest absolute Gasteiger partial charge is 0.496 e. The van der Waals surface area contributed by atoms with Crippen LogP contribution in [0.4, 0.5) is 0 Å². The average molecular weight is 485 g/mol. The number of thiazole rings is 1. The number of aliphatic carboxylic acids is 1. The first-order valence-electron chi connectivity index (χ1n) is 11.1. The Morgan fingerprint density at radius 3 is 2.47 bits per heavy atom. The summed E-state index contributed by atoms with van der Waals surface area (Å²) in [6.45, 7) is 6.12. The summed E-state index contributed by atoms with van der Waals surface area (Å²) in [4.78, 5) is 33.6. The molecule has 1 aliphatic rings. The standard InChI is InChI=1S/C25H28N2O6S/c1-12(2)19-11-34-23(27-19)18-10-21(15-6-7-20(31-4)13(3)22(15)26-18)33-14-8-16(24(28)29)17(9-14)25(30)32-5/h6-7,10-12,14,16-17H,8-9H2,1-5H3,(H,28,29)/t14-,16+,17+/m0/s1. The van der Waals surface area contributed by atoms with Crippen molar-refractivity contribution in [1.29, 1.82) is 0 Å². The molecular weight excluding hydrogens is 456 g/mol. The third-order valence-electron chi connectivity index (χ3n) is 6.33. The number of carboxylic acid groups (broad SMARTS) is 1. The second-order valence-electron chi connectivity index (χ2n) is 8.81. The van der Waals surface area contributed by atoms with E-state index >= 15 is 0 Å². The Bertz CT molecular complexity index is 1240. The minimum absolute atomic E-state index is 0.220. The third-order valence-corrected chi connectivity index (χ3v) is 7.22. The maximum Gasteiger partial charge on any atom is 0.309 e. The fourth-order valence-corrected chi connectivity index (χ4v) is 5.37. The average Bonchev–Trinajstić information content (AvgIpc) is 3.47. The van der Waals surface area contributed by atoms with Gasteiger partial charge in [0.2, 0.25) is 0 Å². The number of ether oxygens (including phenoxy) is 3. The molecule has 1 saturated carbocycles. The van der Waals surface area contributed by atoms with E-state index in [1.165, 1.54) is 18.4 Å². The zero-order valence-corrected chi connectivity index (χ0v) is 20.6. The van der Waals surface area contributed by atoms with Crippen LogP contribution in [-0.4, -0.2) is 47.3 Å². The topological polar surface area (TPSA) is 108 Å². The zero-order chi connectivity index (χ0) is 24.6. The summed E-state index contributed by atoms with van der Waals surface area (Å²) >= 11 is 1.52. The Kier molecular flexibility index (Phi) is 6.74. The van der Waals surface area contributed by atoms with Crippen molar-refractivity contribution < 1.29 is 28.9 Å². The number of rotatable bonds is 7. The molecule has 3 aromatic rings. The molecular formula is C25H28N2O6S. The number of carbonyl (C=O) groups excluding carboxylic acids is 1. The highest BCUT2D eigenvalue weighted by atomic mass is 32.1. The number of carbonyl (C=O) groups is 2. The van der Waals surface area contributed by atoms with Crippen molar-refractivity contribution in [2.24, 2.45) is 11.8 Å². The molecule has 0 amide bonds. The highest BCUT2D eigenvalue weighted by molar-refractivity contribution is 7.13. The second-order valence-corrected chi connectivity index (χ2v) is 9.67. The number of pyridine rings is 1. The van der Waals surface area contributed by atoms with Gasteiger partial charge < -0.3 is 19.3 Å². The number of carboxylic acids is 1. The first-order valence-corrected chi connectivity index (χ1v) is 12.0. The molecule has 0 bridgehead atoms. The number of aryl methyl sites for hydroxylation is 1. The van der Waals surface area contributed by atoms with Crippen LogP contribution in [0.3, 0.4) is 0 Å². The number of benzene rings is 1. The molecule has 8 nitrogen and oxygen atoms in total. The molecule has 180 valence electrons. The monoisotopic (exact) mass is 484 g/mol. The highest BCUT2D eigenvalue weighted by Gasteiger charge is 2.44. The van der Waals surface area contributed by atoms with E-state index in [1.807, 2.05) is 30.5 Å². The molecule has 0 unspecified atom stereocenters. The van der Waals surface area contributed by atoms with Crippen LogP contribution in [0.2, 0.25) is 0 Å². The van der Waals surface area contributed by atoms with Gasteiger partial charge in [-0.1, -0.05) is 13.8 Å². The van der Waals surface area contributed by atoms with Gasteiger partial charge in [0.15, 0.2) is 0 Å². The van der Waals surface area contributed by atoms with Gasteiger partial charge in [-0.15, -0.1) is 11.3 Å². The maximum atomic E-state index is 12.2. The lowest BCUT2D eigenvalue weighted by Crippen LogP contribution is -2.26. The first kappa shape index (κ1) is 23.9. The van der Waals surface area contributed by atoms with E-state index in [4.69, 9.17) is 24.2 Å². The van der Waals surface area contributed by atoms with Gasteiger partial charge in [0.1, 0.15) is 28.3 Å². The lowest BCUT2D eigenvalue weighted by atomic mass is 9.97. The van der Waals surface area contributed by atoms with Crippen molar-refractivity contribution in [1.82, 2.24) is 9.97 Å². The van der Waals surface area contributed by atoms with Crippen LogP contribution in [0.5, 0.6) is 11.5 Å². The van der Waals surface area contributed by atoms with Crippen molar-refractivity contribution in [3.63, 3.8) is 0 Å². The summed E-state index contributed by atoms with van der Waals surface area (Å²) in [7, 11) is 2.89. The lowest BCUT2D eigenvalue weighted by molar-refractivity contribution is -0.154. The Balaban J connectivity index is 1.77. The molecule has 4 rings (SSSR count). The molecule has 1 aromatic carbocycles. The Labute approximate surface area is 201 Å². The van der Waals surface area contributed by atoms with Gasteiger partial charge in [-0.2, -0.15) is 0 Å². The Hall–Kier alpha value is -3.20. The second kappa shape index (κ2) is 9.58. The number of esters is 1. The fourth-order valence-electron chi connectivity index (χ4n) is 4.43. The van der Waals surface area contributed by atoms with Crippen LogP contribution < -0.4 is 9.47 Å². The van der Waals surface area contributed by atoms with Gasteiger partial charge in [0, 0.05) is 22.4 Å². The summed E-state index contributed by atoms with van der Waals surface area (Å²) in [6, 6.07) is 5.59. The van der Waals surface area contributed by atoms with Crippen LogP contribution in [0, 0.1) is 18.8 Å².